The highest BCUT2D eigenvalue weighted by atomic mass is 35.5. The van der Waals surface area contributed by atoms with Crippen LogP contribution in [0, 0.1) is 6.92 Å². The molecule has 0 aliphatic carbocycles. The molecule has 18 heavy (non-hydrogen) atoms. The number of nitrogens with one attached hydrogen (secondary N) is 1. The van der Waals surface area contributed by atoms with Gasteiger partial charge in [-0.2, -0.15) is 0 Å². The molecule has 1 N–H and O–H groups in total. The summed E-state index contributed by atoms with van der Waals surface area (Å²) in [4.78, 5) is 8.05. The van der Waals surface area contributed by atoms with Crippen LogP contribution in [-0.4, -0.2) is 17.1 Å². The molecule has 0 fully saturated rings. The van der Waals surface area contributed by atoms with E-state index >= 15 is 0 Å². The molecule has 0 bridgehead atoms. The van der Waals surface area contributed by atoms with Crippen molar-refractivity contribution in [3.05, 3.63) is 40.3 Å². The normalized spacial score (nSPS) is 10.2. The summed E-state index contributed by atoms with van der Waals surface area (Å²) in [5, 5.41) is 4.06. The smallest absolute Gasteiger partial charge is 0.150 e. The zero-order chi connectivity index (χ0) is 13.1. The third-order valence-corrected chi connectivity index (χ3v) is 2.94. The summed E-state index contributed by atoms with van der Waals surface area (Å²) in [6, 6.07) is 3.63. The van der Waals surface area contributed by atoms with Gasteiger partial charge in [0.15, 0.2) is 5.82 Å². The summed E-state index contributed by atoms with van der Waals surface area (Å²) in [7, 11) is 1.58. The predicted octanol–water partition coefficient (Wildman–Crippen LogP) is 3.84. The number of anilines is 2. The second-order valence-corrected chi connectivity index (χ2v) is 4.45. The van der Waals surface area contributed by atoms with Gasteiger partial charge in [0.05, 0.1) is 25.2 Å². The molecule has 6 heteroatoms. The molecular formula is C12H11Cl2N3O. The van der Waals surface area contributed by atoms with E-state index in [4.69, 9.17) is 27.9 Å². The van der Waals surface area contributed by atoms with E-state index < -0.39 is 0 Å². The molecule has 0 saturated heterocycles. The van der Waals surface area contributed by atoms with Gasteiger partial charge < -0.3 is 10.1 Å². The van der Waals surface area contributed by atoms with Crippen LogP contribution in [0.2, 0.25) is 10.2 Å². The summed E-state index contributed by atoms with van der Waals surface area (Å²) in [6.07, 6.45) is 3.05. The van der Waals surface area contributed by atoms with Crippen molar-refractivity contribution in [1.82, 2.24) is 9.97 Å². The maximum Gasteiger partial charge on any atom is 0.150 e. The lowest BCUT2D eigenvalue weighted by atomic mass is 10.2. The van der Waals surface area contributed by atoms with E-state index in [1.807, 2.05) is 13.0 Å². The molecule has 0 amide bonds. The summed E-state index contributed by atoms with van der Waals surface area (Å²) in [6.45, 7) is 1.91. The Balaban J connectivity index is 2.36. The Morgan fingerprint density at radius 1 is 1.22 bits per heavy atom. The number of nitrogens with zero attached hydrogens (tertiary/aromatic N) is 2. The van der Waals surface area contributed by atoms with Crippen molar-refractivity contribution in [2.24, 2.45) is 0 Å². The van der Waals surface area contributed by atoms with E-state index in [1.165, 1.54) is 6.20 Å². The number of methoxy groups -OCH3 is 1. The van der Waals surface area contributed by atoms with E-state index in [0.29, 0.717) is 21.7 Å². The molecule has 1 aromatic heterocycles. The molecule has 2 aromatic rings. The lowest BCUT2D eigenvalue weighted by Gasteiger charge is -2.12. The Kier molecular flexibility index (Phi) is 3.89. The van der Waals surface area contributed by atoms with Crippen molar-refractivity contribution >= 4 is 34.7 Å². The molecule has 0 saturated carbocycles. The van der Waals surface area contributed by atoms with Gasteiger partial charge in [0, 0.05) is 11.1 Å². The third kappa shape index (κ3) is 2.83. The zero-order valence-electron chi connectivity index (χ0n) is 9.87. The van der Waals surface area contributed by atoms with Crippen LogP contribution in [0.25, 0.3) is 0 Å². The van der Waals surface area contributed by atoms with E-state index in [2.05, 4.69) is 15.3 Å². The highest BCUT2D eigenvalue weighted by molar-refractivity contribution is 6.31. The van der Waals surface area contributed by atoms with Crippen molar-refractivity contribution in [2.75, 3.05) is 12.4 Å². The van der Waals surface area contributed by atoms with Crippen LogP contribution in [-0.2, 0) is 0 Å². The number of benzene rings is 1. The minimum absolute atomic E-state index is 0.324. The van der Waals surface area contributed by atoms with Crippen LogP contribution in [0.5, 0.6) is 5.75 Å². The quantitative estimate of drug-likeness (QED) is 0.930. The van der Waals surface area contributed by atoms with Gasteiger partial charge in [0.25, 0.3) is 0 Å². The number of hydrogen-bond donors (Lipinski definition) is 1. The van der Waals surface area contributed by atoms with Crippen molar-refractivity contribution in [3.63, 3.8) is 0 Å². The van der Waals surface area contributed by atoms with Gasteiger partial charge in [-0.25, -0.2) is 4.98 Å². The van der Waals surface area contributed by atoms with E-state index in [0.717, 1.165) is 11.3 Å². The average Bonchev–Trinajstić information content (AvgIpc) is 2.33. The maximum atomic E-state index is 6.04. The molecule has 0 aliphatic rings. The summed E-state index contributed by atoms with van der Waals surface area (Å²) >= 11 is 11.8. The second kappa shape index (κ2) is 5.42. The third-order valence-electron chi connectivity index (χ3n) is 2.35. The molecule has 0 radical (unpaired) electrons. The highest BCUT2D eigenvalue weighted by Crippen LogP contribution is 2.32. The SMILES string of the molecule is COc1cc(Cl)c(C)cc1Nc1cncc(Cl)n1. The van der Waals surface area contributed by atoms with E-state index in [-0.39, 0.29) is 0 Å². The Hall–Kier alpha value is -1.52. The van der Waals surface area contributed by atoms with Crippen molar-refractivity contribution in [3.8, 4) is 5.75 Å². The standard InChI is InChI=1S/C12H11Cl2N3O/c1-7-3-9(10(18-2)4-8(7)13)16-12-6-15-5-11(14)17-12/h3-6H,1-2H3,(H,16,17). The lowest BCUT2D eigenvalue weighted by molar-refractivity contribution is 0.416. The van der Waals surface area contributed by atoms with Crippen LogP contribution in [0.3, 0.4) is 0 Å². The highest BCUT2D eigenvalue weighted by Gasteiger charge is 2.08. The van der Waals surface area contributed by atoms with Gasteiger partial charge in [0.2, 0.25) is 0 Å². The first-order valence-corrected chi connectivity index (χ1v) is 5.94. The number of aryl methyl sites for hydroxylation is 1. The zero-order valence-corrected chi connectivity index (χ0v) is 11.4. The monoisotopic (exact) mass is 283 g/mol. The van der Waals surface area contributed by atoms with Gasteiger partial charge in [-0.15, -0.1) is 0 Å². The summed E-state index contributed by atoms with van der Waals surface area (Å²) in [5.74, 6) is 1.18. The fraction of sp³-hybridized carbons (Fsp3) is 0.167. The summed E-state index contributed by atoms with van der Waals surface area (Å²) < 4.78 is 5.26. The van der Waals surface area contributed by atoms with Gasteiger partial charge in [-0.05, 0) is 18.6 Å². The van der Waals surface area contributed by atoms with E-state index in [1.54, 1.807) is 19.4 Å². The van der Waals surface area contributed by atoms with E-state index in [9.17, 15) is 0 Å². The number of rotatable bonds is 3. The first-order valence-electron chi connectivity index (χ1n) is 5.19. The van der Waals surface area contributed by atoms with Crippen LogP contribution >= 0.6 is 23.2 Å². The Morgan fingerprint density at radius 3 is 2.67 bits per heavy atom. The van der Waals surface area contributed by atoms with Gasteiger partial charge in [0.1, 0.15) is 10.9 Å². The Labute approximate surface area is 115 Å². The minimum Gasteiger partial charge on any atom is -0.495 e. The molecular weight excluding hydrogens is 273 g/mol. The Morgan fingerprint density at radius 2 is 2.00 bits per heavy atom. The fourth-order valence-corrected chi connectivity index (χ4v) is 1.77. The molecule has 1 heterocycles. The van der Waals surface area contributed by atoms with Crippen molar-refractivity contribution in [1.29, 1.82) is 0 Å². The number of halogens is 2. The minimum atomic E-state index is 0.324. The molecule has 0 aliphatic heterocycles. The number of aromatic nitrogens is 2. The number of hydrogen-bond acceptors (Lipinski definition) is 4. The molecule has 0 unspecified atom stereocenters. The molecule has 1 aromatic carbocycles. The van der Waals surface area contributed by atoms with Crippen LogP contribution in [0.4, 0.5) is 11.5 Å². The largest absolute Gasteiger partial charge is 0.495 e. The van der Waals surface area contributed by atoms with Crippen LogP contribution < -0.4 is 10.1 Å². The topological polar surface area (TPSA) is 47.0 Å². The first kappa shape index (κ1) is 12.9. The second-order valence-electron chi connectivity index (χ2n) is 3.65. The molecule has 0 atom stereocenters. The van der Waals surface area contributed by atoms with Crippen LogP contribution in [0.15, 0.2) is 24.5 Å². The average molecular weight is 284 g/mol. The van der Waals surface area contributed by atoms with Crippen molar-refractivity contribution < 1.29 is 4.74 Å². The Bertz CT molecular complexity index is 575. The molecule has 4 nitrogen and oxygen atoms in total. The lowest BCUT2D eigenvalue weighted by Crippen LogP contribution is -1.98. The molecule has 94 valence electrons. The van der Waals surface area contributed by atoms with Gasteiger partial charge in [-0.1, -0.05) is 23.2 Å². The fourth-order valence-electron chi connectivity index (χ4n) is 1.47. The summed E-state index contributed by atoms with van der Waals surface area (Å²) in [5.41, 5.74) is 1.70. The molecule has 2 rings (SSSR count). The molecule has 0 spiro atoms. The van der Waals surface area contributed by atoms with Gasteiger partial charge in [-0.3, -0.25) is 4.98 Å². The van der Waals surface area contributed by atoms with Gasteiger partial charge >= 0.3 is 0 Å². The maximum absolute atomic E-state index is 6.04. The van der Waals surface area contributed by atoms with Crippen molar-refractivity contribution in [2.45, 2.75) is 6.92 Å². The first-order chi connectivity index (χ1) is 8.60. The van der Waals surface area contributed by atoms with Crippen LogP contribution in [0.1, 0.15) is 5.56 Å². The predicted molar refractivity (Wildman–Crippen MR) is 73.1 cm³/mol. The number of ether oxygens (including phenoxy) is 1.